The van der Waals surface area contributed by atoms with Gasteiger partial charge in [-0.1, -0.05) is 12.1 Å². The Morgan fingerprint density at radius 1 is 1.24 bits per heavy atom. The summed E-state index contributed by atoms with van der Waals surface area (Å²) >= 11 is 0. The molecule has 0 radical (unpaired) electrons. The second-order valence-corrected chi connectivity index (χ2v) is 5.48. The fraction of sp³-hybridized carbons (Fsp3) is 0.562. The van der Waals surface area contributed by atoms with E-state index in [-0.39, 0.29) is 6.61 Å². The van der Waals surface area contributed by atoms with E-state index < -0.39 is 5.91 Å². The van der Waals surface area contributed by atoms with Crippen molar-refractivity contribution in [3.8, 4) is 5.75 Å². The van der Waals surface area contributed by atoms with Crippen LogP contribution in [0, 0.1) is 0 Å². The lowest BCUT2D eigenvalue weighted by Crippen LogP contribution is -2.24. The van der Waals surface area contributed by atoms with Crippen molar-refractivity contribution >= 4 is 5.91 Å². The van der Waals surface area contributed by atoms with Crippen molar-refractivity contribution in [3.05, 3.63) is 29.8 Å². The number of rotatable bonds is 9. The first-order valence-electron chi connectivity index (χ1n) is 7.67. The number of nitrogens with two attached hydrogens (primary N) is 1. The molecule has 5 nitrogen and oxygen atoms in total. The Labute approximate surface area is 126 Å². The molecule has 1 aromatic carbocycles. The van der Waals surface area contributed by atoms with Crippen LogP contribution in [0.2, 0.25) is 0 Å². The predicted molar refractivity (Wildman–Crippen MR) is 83.1 cm³/mol. The lowest BCUT2D eigenvalue weighted by atomic mass is 10.2. The molecule has 0 aliphatic carbocycles. The van der Waals surface area contributed by atoms with Gasteiger partial charge in [0.2, 0.25) is 0 Å². The molecule has 1 heterocycles. The number of likely N-dealkylation sites (tertiary alicyclic amines) is 1. The Balaban J connectivity index is 1.58. The molecule has 0 saturated carbocycles. The Hall–Kier alpha value is -1.59. The molecule has 1 aliphatic rings. The second-order valence-electron chi connectivity index (χ2n) is 5.48. The predicted octanol–water partition coefficient (Wildman–Crippen LogP) is 1.13. The monoisotopic (exact) mass is 291 g/mol. The standard InChI is InChI=1S/C16H25N3O2/c17-16(20)13-21-15-6-4-14(5-7-15)12-18-8-3-11-19-9-1-2-10-19/h4-7,18H,1-3,8-13H2,(H2,17,20). The van der Waals surface area contributed by atoms with Crippen molar-refractivity contribution in [3.63, 3.8) is 0 Å². The number of carbonyl (C=O) groups excluding carboxylic acids is 1. The minimum Gasteiger partial charge on any atom is -0.484 e. The molecular weight excluding hydrogens is 266 g/mol. The molecule has 0 spiro atoms. The molecule has 1 fully saturated rings. The van der Waals surface area contributed by atoms with Gasteiger partial charge in [-0.2, -0.15) is 0 Å². The Kier molecular flexibility index (Phi) is 6.50. The molecule has 3 N–H and O–H groups in total. The van der Waals surface area contributed by atoms with Crippen molar-refractivity contribution in [2.45, 2.75) is 25.8 Å². The Morgan fingerprint density at radius 2 is 1.95 bits per heavy atom. The number of carbonyl (C=O) groups is 1. The molecule has 0 bridgehead atoms. The van der Waals surface area contributed by atoms with Crippen LogP contribution in [0.4, 0.5) is 0 Å². The average Bonchev–Trinajstić information content (AvgIpc) is 2.99. The van der Waals surface area contributed by atoms with Crippen molar-refractivity contribution < 1.29 is 9.53 Å². The smallest absolute Gasteiger partial charge is 0.255 e. The molecule has 1 saturated heterocycles. The number of hydrogen-bond donors (Lipinski definition) is 2. The van der Waals surface area contributed by atoms with E-state index in [1.54, 1.807) is 0 Å². The first kappa shape index (κ1) is 15.8. The van der Waals surface area contributed by atoms with E-state index in [1.165, 1.54) is 44.5 Å². The van der Waals surface area contributed by atoms with Crippen molar-refractivity contribution in [2.75, 3.05) is 32.8 Å². The van der Waals surface area contributed by atoms with Crippen LogP contribution in [0.1, 0.15) is 24.8 Å². The summed E-state index contributed by atoms with van der Waals surface area (Å²) in [5.41, 5.74) is 6.24. The minimum absolute atomic E-state index is 0.0753. The summed E-state index contributed by atoms with van der Waals surface area (Å²) in [5, 5.41) is 3.45. The number of nitrogens with one attached hydrogen (secondary N) is 1. The van der Waals surface area contributed by atoms with E-state index in [9.17, 15) is 4.79 Å². The van der Waals surface area contributed by atoms with E-state index in [2.05, 4.69) is 10.2 Å². The number of hydrogen-bond acceptors (Lipinski definition) is 4. The maximum absolute atomic E-state index is 10.6. The fourth-order valence-corrected chi connectivity index (χ4v) is 2.52. The summed E-state index contributed by atoms with van der Waals surface area (Å²) in [5.74, 6) is 0.213. The molecule has 21 heavy (non-hydrogen) atoms. The van der Waals surface area contributed by atoms with E-state index in [4.69, 9.17) is 10.5 Å². The molecule has 5 heteroatoms. The van der Waals surface area contributed by atoms with E-state index in [0.29, 0.717) is 5.75 Å². The lowest BCUT2D eigenvalue weighted by Gasteiger charge is -2.14. The molecule has 0 unspecified atom stereocenters. The third-order valence-corrected chi connectivity index (χ3v) is 3.66. The van der Waals surface area contributed by atoms with Crippen LogP contribution in [-0.2, 0) is 11.3 Å². The average molecular weight is 291 g/mol. The van der Waals surface area contributed by atoms with Crippen molar-refractivity contribution in [1.29, 1.82) is 0 Å². The molecule has 0 aromatic heterocycles. The van der Waals surface area contributed by atoms with Gasteiger partial charge in [0.25, 0.3) is 5.91 Å². The van der Waals surface area contributed by atoms with Gasteiger partial charge in [0.1, 0.15) is 5.75 Å². The van der Waals surface area contributed by atoms with Crippen LogP contribution >= 0.6 is 0 Å². The molecular formula is C16H25N3O2. The van der Waals surface area contributed by atoms with Gasteiger partial charge in [-0.05, 0) is 63.1 Å². The maximum Gasteiger partial charge on any atom is 0.255 e. The summed E-state index contributed by atoms with van der Waals surface area (Å²) in [7, 11) is 0. The van der Waals surface area contributed by atoms with Crippen LogP contribution in [0.15, 0.2) is 24.3 Å². The van der Waals surface area contributed by atoms with Gasteiger partial charge < -0.3 is 20.7 Å². The largest absolute Gasteiger partial charge is 0.484 e. The third-order valence-electron chi connectivity index (χ3n) is 3.66. The van der Waals surface area contributed by atoms with E-state index in [1.807, 2.05) is 24.3 Å². The van der Waals surface area contributed by atoms with Crippen LogP contribution in [0.25, 0.3) is 0 Å². The molecule has 2 rings (SSSR count). The van der Waals surface area contributed by atoms with Gasteiger partial charge in [0.15, 0.2) is 6.61 Å². The van der Waals surface area contributed by atoms with Gasteiger partial charge in [0, 0.05) is 6.54 Å². The van der Waals surface area contributed by atoms with Crippen LogP contribution in [-0.4, -0.2) is 43.6 Å². The van der Waals surface area contributed by atoms with E-state index >= 15 is 0 Å². The second kappa shape index (κ2) is 8.64. The zero-order chi connectivity index (χ0) is 14.9. The highest BCUT2D eigenvalue weighted by Gasteiger charge is 2.09. The van der Waals surface area contributed by atoms with Gasteiger partial charge >= 0.3 is 0 Å². The summed E-state index contributed by atoms with van der Waals surface area (Å²) in [6, 6.07) is 7.74. The van der Waals surface area contributed by atoms with Crippen LogP contribution in [0.5, 0.6) is 5.75 Å². The van der Waals surface area contributed by atoms with Gasteiger partial charge in [0.05, 0.1) is 0 Å². The van der Waals surface area contributed by atoms with Crippen LogP contribution in [0.3, 0.4) is 0 Å². The Bertz CT molecular complexity index is 428. The number of amides is 1. The highest BCUT2D eigenvalue weighted by Crippen LogP contribution is 2.12. The quantitative estimate of drug-likeness (QED) is 0.669. The summed E-state index contributed by atoms with van der Waals surface area (Å²) in [4.78, 5) is 13.2. The molecule has 1 aromatic rings. The zero-order valence-electron chi connectivity index (χ0n) is 12.5. The number of primary amides is 1. The number of benzene rings is 1. The molecule has 0 atom stereocenters. The van der Waals surface area contributed by atoms with Gasteiger partial charge in [-0.25, -0.2) is 0 Å². The zero-order valence-corrected chi connectivity index (χ0v) is 12.5. The third kappa shape index (κ3) is 6.14. The molecule has 1 aliphatic heterocycles. The number of ether oxygens (including phenoxy) is 1. The Morgan fingerprint density at radius 3 is 2.62 bits per heavy atom. The summed E-state index contributed by atoms with van der Waals surface area (Å²) < 4.78 is 5.22. The normalized spacial score (nSPS) is 15.2. The molecule has 1 amide bonds. The maximum atomic E-state index is 10.6. The number of nitrogens with zero attached hydrogens (tertiary/aromatic N) is 1. The van der Waals surface area contributed by atoms with Crippen molar-refractivity contribution in [2.24, 2.45) is 5.73 Å². The van der Waals surface area contributed by atoms with Crippen molar-refractivity contribution in [1.82, 2.24) is 10.2 Å². The van der Waals surface area contributed by atoms with Gasteiger partial charge in [-0.15, -0.1) is 0 Å². The fourth-order valence-electron chi connectivity index (χ4n) is 2.52. The lowest BCUT2D eigenvalue weighted by molar-refractivity contribution is -0.119. The highest BCUT2D eigenvalue weighted by atomic mass is 16.5. The SMILES string of the molecule is NC(=O)COc1ccc(CNCCCN2CCCC2)cc1. The molecule has 116 valence electrons. The summed E-state index contributed by atoms with van der Waals surface area (Å²) in [6.45, 7) is 5.56. The van der Waals surface area contributed by atoms with Gasteiger partial charge in [-0.3, -0.25) is 4.79 Å². The topological polar surface area (TPSA) is 67.6 Å². The highest BCUT2D eigenvalue weighted by molar-refractivity contribution is 5.75. The van der Waals surface area contributed by atoms with E-state index in [0.717, 1.165) is 13.1 Å². The first-order chi connectivity index (χ1) is 10.2. The first-order valence-corrected chi connectivity index (χ1v) is 7.67. The minimum atomic E-state index is -0.459. The van der Waals surface area contributed by atoms with Crippen LogP contribution < -0.4 is 15.8 Å². The summed E-state index contributed by atoms with van der Waals surface area (Å²) in [6.07, 6.45) is 3.91.